The first-order valence-electron chi connectivity index (χ1n) is 8.92. The van der Waals surface area contributed by atoms with E-state index < -0.39 is 4.92 Å². The number of rotatable bonds is 8. The molecule has 0 aliphatic rings. The Balaban J connectivity index is 1.34. The van der Waals surface area contributed by atoms with Gasteiger partial charge in [0.1, 0.15) is 16.9 Å². The first kappa shape index (κ1) is 18.7. The van der Waals surface area contributed by atoms with Crippen LogP contribution < -0.4 is 5.32 Å². The van der Waals surface area contributed by atoms with Gasteiger partial charge in [0.25, 0.3) is 0 Å². The lowest BCUT2D eigenvalue weighted by Gasteiger charge is -2.01. The highest BCUT2D eigenvalue weighted by Crippen LogP contribution is 2.21. The summed E-state index contributed by atoms with van der Waals surface area (Å²) in [6.45, 7) is 2.88. The molecular weight excluding hydrogens is 392 g/mol. The molecule has 0 fully saturated rings. The number of nitrogens with one attached hydrogen (secondary N) is 1. The highest BCUT2D eigenvalue weighted by Gasteiger charge is 2.16. The topological polar surface area (TPSA) is 117 Å². The molecule has 3 heterocycles. The molecule has 1 N–H and O–H groups in total. The molecule has 4 rings (SSSR count). The smallest absolute Gasteiger partial charge is 0.309 e. The van der Waals surface area contributed by atoms with Crippen LogP contribution in [0.5, 0.6) is 0 Å². The first-order chi connectivity index (χ1) is 14.1. The fourth-order valence-corrected chi connectivity index (χ4v) is 3.58. The predicted octanol–water partition coefficient (Wildman–Crippen LogP) is 3.18. The normalized spacial score (nSPS) is 10.9. The zero-order valence-electron chi connectivity index (χ0n) is 15.6. The van der Waals surface area contributed by atoms with Crippen LogP contribution in [0.4, 0.5) is 16.6 Å². The molecule has 0 aliphatic heterocycles. The van der Waals surface area contributed by atoms with Crippen LogP contribution in [0.3, 0.4) is 0 Å². The third-order valence-electron chi connectivity index (χ3n) is 4.34. The van der Waals surface area contributed by atoms with Crippen molar-refractivity contribution in [2.24, 2.45) is 0 Å². The predicted molar refractivity (Wildman–Crippen MR) is 108 cm³/mol. The van der Waals surface area contributed by atoms with Crippen molar-refractivity contribution in [1.29, 1.82) is 0 Å². The molecule has 0 spiro atoms. The second-order valence-corrected chi connectivity index (χ2v) is 7.42. The Bertz CT molecular complexity index is 1120. The maximum Gasteiger partial charge on any atom is 0.309 e. The molecule has 10 nitrogen and oxygen atoms in total. The number of nitro groups is 1. The monoisotopic (exact) mass is 410 g/mol. The van der Waals surface area contributed by atoms with E-state index >= 15 is 0 Å². The summed E-state index contributed by atoms with van der Waals surface area (Å²) in [6.07, 6.45) is 3.76. The van der Waals surface area contributed by atoms with Crippen LogP contribution in [0.25, 0.3) is 0 Å². The largest absolute Gasteiger partial charge is 0.313 e. The van der Waals surface area contributed by atoms with E-state index in [1.165, 1.54) is 23.1 Å². The second kappa shape index (κ2) is 8.19. The molecule has 1 aromatic carbocycles. The molecule has 0 radical (unpaired) electrons. The second-order valence-electron chi connectivity index (χ2n) is 6.36. The quantitative estimate of drug-likeness (QED) is 0.350. The molecule has 0 saturated heterocycles. The van der Waals surface area contributed by atoms with Gasteiger partial charge >= 0.3 is 5.69 Å². The van der Waals surface area contributed by atoms with E-state index in [0.717, 1.165) is 5.01 Å². The van der Waals surface area contributed by atoms with E-state index in [1.54, 1.807) is 11.6 Å². The van der Waals surface area contributed by atoms with Crippen LogP contribution >= 0.6 is 11.3 Å². The maximum atomic E-state index is 10.9. The average Bonchev–Trinajstić information content (AvgIpc) is 3.42. The van der Waals surface area contributed by atoms with Crippen molar-refractivity contribution in [1.82, 2.24) is 29.8 Å². The van der Waals surface area contributed by atoms with Crippen LogP contribution in [0.2, 0.25) is 0 Å². The Morgan fingerprint density at radius 1 is 1.21 bits per heavy atom. The van der Waals surface area contributed by atoms with Gasteiger partial charge in [-0.25, -0.2) is 0 Å². The zero-order valence-corrected chi connectivity index (χ0v) is 16.4. The SMILES string of the molecule is Cc1c([N+](=O)[O-])cnn1CCc1nnc(Nc2ccn(Cc3ccccc3)n2)s1. The summed E-state index contributed by atoms with van der Waals surface area (Å²) in [5, 5.41) is 32.4. The summed E-state index contributed by atoms with van der Waals surface area (Å²) in [6, 6.07) is 12.0. The minimum atomic E-state index is -0.428. The van der Waals surface area contributed by atoms with E-state index in [9.17, 15) is 10.1 Å². The number of benzene rings is 1. The number of anilines is 2. The lowest BCUT2D eigenvalue weighted by atomic mass is 10.2. The molecule has 3 aromatic heterocycles. The standard InChI is InChI=1S/C18H18N8O2S/c1-13-15(26(27)28)11-19-25(13)10-8-17-21-22-18(29-17)20-16-7-9-24(23-16)12-14-5-3-2-4-6-14/h2-7,9,11H,8,10,12H2,1H3,(H,20,22,23). The summed E-state index contributed by atoms with van der Waals surface area (Å²) < 4.78 is 3.46. The van der Waals surface area contributed by atoms with Crippen LogP contribution in [0.1, 0.15) is 16.3 Å². The molecule has 29 heavy (non-hydrogen) atoms. The molecule has 148 valence electrons. The molecule has 4 aromatic rings. The Labute approximate surface area is 170 Å². The zero-order chi connectivity index (χ0) is 20.2. The van der Waals surface area contributed by atoms with Crippen molar-refractivity contribution < 1.29 is 4.92 Å². The van der Waals surface area contributed by atoms with Crippen LogP contribution in [0, 0.1) is 17.0 Å². The Kier molecular flexibility index (Phi) is 5.29. The lowest BCUT2D eigenvalue weighted by molar-refractivity contribution is -0.385. The van der Waals surface area contributed by atoms with E-state index in [1.807, 2.05) is 35.1 Å². The Morgan fingerprint density at radius 3 is 2.79 bits per heavy atom. The summed E-state index contributed by atoms with van der Waals surface area (Å²) in [7, 11) is 0. The highest BCUT2D eigenvalue weighted by atomic mass is 32.1. The third-order valence-corrected chi connectivity index (χ3v) is 5.24. The van der Waals surface area contributed by atoms with Crippen molar-refractivity contribution >= 4 is 28.0 Å². The molecule has 11 heteroatoms. The molecule has 0 aliphatic carbocycles. The van der Waals surface area contributed by atoms with Crippen molar-refractivity contribution in [2.75, 3.05) is 5.32 Å². The van der Waals surface area contributed by atoms with Crippen molar-refractivity contribution in [3.63, 3.8) is 0 Å². The number of nitrogens with zero attached hydrogens (tertiary/aromatic N) is 7. The number of aryl methyl sites for hydroxylation is 2. The van der Waals surface area contributed by atoms with Crippen molar-refractivity contribution in [3.05, 3.63) is 75.2 Å². The summed E-state index contributed by atoms with van der Waals surface area (Å²) >= 11 is 1.42. The van der Waals surface area contributed by atoms with Gasteiger partial charge in [-0.2, -0.15) is 10.2 Å². The van der Waals surface area contributed by atoms with Gasteiger partial charge in [-0.05, 0) is 12.5 Å². The van der Waals surface area contributed by atoms with Gasteiger partial charge in [-0.15, -0.1) is 10.2 Å². The highest BCUT2D eigenvalue weighted by molar-refractivity contribution is 7.15. The average molecular weight is 410 g/mol. The maximum absolute atomic E-state index is 10.9. The minimum absolute atomic E-state index is 0.0238. The van der Waals surface area contributed by atoms with Crippen molar-refractivity contribution in [2.45, 2.75) is 26.4 Å². The van der Waals surface area contributed by atoms with Crippen LogP contribution in [0.15, 0.2) is 48.8 Å². The summed E-state index contributed by atoms with van der Waals surface area (Å²) in [5.74, 6) is 0.696. The lowest BCUT2D eigenvalue weighted by Crippen LogP contribution is -2.05. The van der Waals surface area contributed by atoms with Gasteiger partial charge in [0.15, 0.2) is 5.82 Å². The van der Waals surface area contributed by atoms with Crippen molar-refractivity contribution in [3.8, 4) is 0 Å². The number of hydrogen-bond acceptors (Lipinski definition) is 8. The van der Waals surface area contributed by atoms with Gasteiger partial charge in [-0.1, -0.05) is 41.7 Å². The molecular formula is C18H18N8O2S. The van der Waals surface area contributed by atoms with Gasteiger partial charge in [0.2, 0.25) is 5.13 Å². The van der Waals surface area contributed by atoms with E-state index in [-0.39, 0.29) is 5.69 Å². The number of hydrogen-bond donors (Lipinski definition) is 1. The van der Waals surface area contributed by atoms with E-state index in [0.29, 0.717) is 36.2 Å². The number of aromatic nitrogens is 6. The minimum Gasteiger partial charge on any atom is -0.313 e. The van der Waals surface area contributed by atoms with Gasteiger partial charge in [0, 0.05) is 25.2 Å². The van der Waals surface area contributed by atoms with Gasteiger partial charge in [0.05, 0.1) is 11.5 Å². The van der Waals surface area contributed by atoms with Gasteiger partial charge in [-0.3, -0.25) is 19.5 Å². The third kappa shape index (κ3) is 4.46. The van der Waals surface area contributed by atoms with Crippen LogP contribution in [-0.4, -0.2) is 34.7 Å². The fourth-order valence-electron chi connectivity index (χ4n) is 2.84. The fraction of sp³-hybridized carbons (Fsp3) is 0.222. The summed E-state index contributed by atoms with van der Waals surface area (Å²) in [5.41, 5.74) is 1.73. The van der Waals surface area contributed by atoms with Crippen LogP contribution in [-0.2, 0) is 19.5 Å². The molecule has 0 unspecified atom stereocenters. The molecule has 0 amide bonds. The van der Waals surface area contributed by atoms with E-state index in [4.69, 9.17) is 0 Å². The molecule has 0 bridgehead atoms. The molecule has 0 saturated carbocycles. The van der Waals surface area contributed by atoms with Gasteiger partial charge < -0.3 is 5.32 Å². The Hall–Kier alpha value is -3.60. The van der Waals surface area contributed by atoms with E-state index in [2.05, 4.69) is 37.8 Å². The first-order valence-corrected chi connectivity index (χ1v) is 9.74. The molecule has 0 atom stereocenters. The summed E-state index contributed by atoms with van der Waals surface area (Å²) in [4.78, 5) is 10.5. The Morgan fingerprint density at radius 2 is 2.03 bits per heavy atom.